The maximum Gasteiger partial charge on any atom is 0.418 e. The normalized spacial score (nSPS) is 15.7. The van der Waals surface area contributed by atoms with E-state index in [-0.39, 0.29) is 16.2 Å². The number of morpholine rings is 1. The Morgan fingerprint density at radius 2 is 1.77 bits per heavy atom. The van der Waals surface area contributed by atoms with E-state index in [1.54, 1.807) is 25.1 Å². The van der Waals surface area contributed by atoms with Crippen LogP contribution >= 0.6 is 0 Å². The zero-order valence-electron chi connectivity index (χ0n) is 21.6. The molecule has 1 fully saturated rings. The van der Waals surface area contributed by atoms with E-state index in [2.05, 4.69) is 20.3 Å². The van der Waals surface area contributed by atoms with Crippen LogP contribution in [0.1, 0.15) is 24.4 Å². The molecule has 9 nitrogen and oxygen atoms in total. The highest BCUT2D eigenvalue weighted by molar-refractivity contribution is 7.89. The number of hydrogen-bond donors (Lipinski definition) is 1. The molecule has 210 valence electrons. The van der Waals surface area contributed by atoms with E-state index in [4.69, 9.17) is 9.47 Å². The number of halogens is 3. The van der Waals surface area contributed by atoms with Crippen molar-refractivity contribution in [2.24, 2.45) is 0 Å². The van der Waals surface area contributed by atoms with Gasteiger partial charge in [0.15, 0.2) is 5.82 Å². The Hall–Kier alpha value is -3.65. The first-order chi connectivity index (χ1) is 19.1. The first kappa shape index (κ1) is 27.9. The van der Waals surface area contributed by atoms with Gasteiger partial charge < -0.3 is 14.8 Å². The largest absolute Gasteiger partial charge is 0.418 e. The van der Waals surface area contributed by atoms with E-state index in [9.17, 15) is 21.6 Å². The van der Waals surface area contributed by atoms with Gasteiger partial charge >= 0.3 is 6.18 Å². The average molecular weight is 574 g/mol. The van der Waals surface area contributed by atoms with Crippen molar-refractivity contribution in [3.63, 3.8) is 0 Å². The second-order valence-electron chi connectivity index (χ2n) is 9.10. The summed E-state index contributed by atoms with van der Waals surface area (Å²) in [5.74, 6) is 0.703. The fourth-order valence-electron chi connectivity index (χ4n) is 4.32. The van der Waals surface area contributed by atoms with Gasteiger partial charge in [0.25, 0.3) is 0 Å². The van der Waals surface area contributed by atoms with E-state index in [1.165, 1.54) is 47.9 Å². The van der Waals surface area contributed by atoms with Crippen LogP contribution in [0.25, 0.3) is 22.2 Å². The Bertz CT molecular complexity index is 1630. The van der Waals surface area contributed by atoms with E-state index in [0.717, 1.165) is 6.07 Å². The van der Waals surface area contributed by atoms with Crippen LogP contribution in [0.5, 0.6) is 0 Å². The smallest absolute Gasteiger partial charge is 0.379 e. The molecule has 1 N–H and O–H groups in total. The quantitative estimate of drug-likeness (QED) is 0.322. The molecule has 40 heavy (non-hydrogen) atoms. The lowest BCUT2D eigenvalue weighted by Gasteiger charge is -2.26. The molecule has 1 atom stereocenters. The summed E-state index contributed by atoms with van der Waals surface area (Å²) >= 11 is 0. The zero-order valence-corrected chi connectivity index (χ0v) is 22.5. The summed E-state index contributed by atoms with van der Waals surface area (Å²) < 4.78 is 78.9. The van der Waals surface area contributed by atoms with Crippen molar-refractivity contribution in [1.29, 1.82) is 0 Å². The fraction of sp³-hybridized carbons (Fsp3) is 0.296. The van der Waals surface area contributed by atoms with Crippen molar-refractivity contribution in [3.8, 4) is 11.3 Å². The van der Waals surface area contributed by atoms with Crippen molar-refractivity contribution < 1.29 is 31.1 Å². The Labute approximate surface area is 229 Å². The number of pyridine rings is 1. The highest BCUT2D eigenvalue weighted by Gasteiger charge is 2.34. The molecule has 2 aromatic carbocycles. The monoisotopic (exact) mass is 573 g/mol. The lowest BCUT2D eigenvalue weighted by Crippen LogP contribution is -2.40. The van der Waals surface area contributed by atoms with Crippen LogP contribution in [0, 0.1) is 0 Å². The van der Waals surface area contributed by atoms with Crippen molar-refractivity contribution in [1.82, 2.24) is 19.3 Å². The van der Waals surface area contributed by atoms with Crippen LogP contribution < -0.4 is 5.32 Å². The van der Waals surface area contributed by atoms with Gasteiger partial charge in [-0.1, -0.05) is 6.07 Å². The molecule has 1 aliphatic heterocycles. The fourth-order valence-corrected chi connectivity index (χ4v) is 5.73. The highest BCUT2D eigenvalue weighted by atomic mass is 32.2. The Morgan fingerprint density at radius 1 is 1.05 bits per heavy atom. The summed E-state index contributed by atoms with van der Waals surface area (Å²) in [5, 5.41) is 3.74. The number of sulfonamides is 1. The van der Waals surface area contributed by atoms with Crippen molar-refractivity contribution >= 4 is 32.4 Å². The molecular formula is C27H26F3N5O4S. The minimum atomic E-state index is -4.58. The van der Waals surface area contributed by atoms with Crippen LogP contribution in [-0.2, 0) is 25.7 Å². The average Bonchev–Trinajstić information content (AvgIpc) is 2.96. The first-order valence-electron chi connectivity index (χ1n) is 12.4. The lowest BCUT2D eigenvalue weighted by molar-refractivity contribution is -0.137. The number of hydrogen-bond acceptors (Lipinski definition) is 8. The number of aromatic nitrogens is 3. The van der Waals surface area contributed by atoms with Gasteiger partial charge in [-0.2, -0.15) is 17.5 Å². The molecular weight excluding hydrogens is 547 g/mol. The number of anilines is 2. The van der Waals surface area contributed by atoms with Gasteiger partial charge in [-0.15, -0.1) is 0 Å². The van der Waals surface area contributed by atoms with Gasteiger partial charge in [-0.25, -0.2) is 18.4 Å². The number of alkyl halides is 3. The zero-order chi connectivity index (χ0) is 28.5. The van der Waals surface area contributed by atoms with Crippen molar-refractivity contribution in [2.45, 2.75) is 24.1 Å². The third kappa shape index (κ3) is 5.63. The van der Waals surface area contributed by atoms with E-state index < -0.39 is 27.9 Å². The summed E-state index contributed by atoms with van der Waals surface area (Å²) in [5.41, 5.74) is 0.144. The maximum atomic E-state index is 13.6. The molecule has 0 radical (unpaired) electrons. The molecule has 4 aromatic rings. The predicted octanol–water partition coefficient (Wildman–Crippen LogP) is 5.18. The van der Waals surface area contributed by atoms with Gasteiger partial charge in [0.2, 0.25) is 10.0 Å². The molecule has 13 heteroatoms. The molecule has 1 saturated heterocycles. The number of methoxy groups -OCH3 is 1. The Balaban J connectivity index is 1.52. The Kier molecular flexibility index (Phi) is 7.73. The van der Waals surface area contributed by atoms with Crippen molar-refractivity contribution in [3.05, 3.63) is 72.2 Å². The van der Waals surface area contributed by atoms with E-state index in [0.29, 0.717) is 54.5 Å². The molecule has 3 heterocycles. The molecule has 0 saturated carbocycles. The summed E-state index contributed by atoms with van der Waals surface area (Å²) in [7, 11) is -2.16. The molecule has 0 amide bonds. The van der Waals surface area contributed by atoms with Crippen molar-refractivity contribution in [2.75, 3.05) is 38.7 Å². The van der Waals surface area contributed by atoms with Crippen LogP contribution in [0.15, 0.2) is 65.7 Å². The van der Waals surface area contributed by atoms with Gasteiger partial charge in [0.05, 0.1) is 34.9 Å². The molecule has 5 rings (SSSR count). The molecule has 0 aliphatic carbocycles. The van der Waals surface area contributed by atoms with Gasteiger partial charge in [0.1, 0.15) is 11.9 Å². The SMILES string of the molecule is COC(C)c1nc(Nc2ccc(S(=O)(=O)N3CCOCC3)cc2)c2ccc(-c3ncccc3C(F)(F)F)cc2n1. The summed E-state index contributed by atoms with van der Waals surface area (Å²) in [6.45, 7) is 3.03. The maximum absolute atomic E-state index is 13.6. The Morgan fingerprint density at radius 3 is 2.45 bits per heavy atom. The number of rotatable bonds is 7. The van der Waals surface area contributed by atoms with E-state index >= 15 is 0 Å². The molecule has 1 unspecified atom stereocenters. The number of fused-ring (bicyclic) bond motifs is 1. The first-order valence-corrected chi connectivity index (χ1v) is 13.8. The minimum Gasteiger partial charge on any atom is -0.379 e. The van der Waals surface area contributed by atoms with Gasteiger partial charge in [0, 0.05) is 43.0 Å². The van der Waals surface area contributed by atoms with Crippen LogP contribution in [0.3, 0.4) is 0 Å². The predicted molar refractivity (Wildman–Crippen MR) is 142 cm³/mol. The molecule has 2 aromatic heterocycles. The van der Waals surface area contributed by atoms with Crippen LogP contribution in [0.4, 0.5) is 24.7 Å². The van der Waals surface area contributed by atoms with Crippen LogP contribution in [-0.4, -0.2) is 61.1 Å². The summed E-state index contributed by atoms with van der Waals surface area (Å²) in [6.07, 6.45) is -3.77. The van der Waals surface area contributed by atoms with E-state index in [1.807, 2.05) is 0 Å². The summed E-state index contributed by atoms with van der Waals surface area (Å²) in [4.78, 5) is 13.3. The molecule has 1 aliphatic rings. The summed E-state index contributed by atoms with van der Waals surface area (Å²) in [6, 6.07) is 13.2. The second kappa shape index (κ2) is 11.1. The topological polar surface area (TPSA) is 107 Å². The number of benzene rings is 2. The minimum absolute atomic E-state index is 0.154. The molecule has 0 bridgehead atoms. The van der Waals surface area contributed by atoms with Gasteiger partial charge in [-0.05, 0) is 55.5 Å². The second-order valence-corrected chi connectivity index (χ2v) is 11.0. The van der Waals surface area contributed by atoms with Crippen LogP contribution in [0.2, 0.25) is 0 Å². The number of nitrogens with one attached hydrogen (secondary N) is 1. The third-order valence-corrected chi connectivity index (χ3v) is 8.46. The number of nitrogens with zero attached hydrogens (tertiary/aromatic N) is 4. The molecule has 0 spiro atoms. The lowest BCUT2D eigenvalue weighted by atomic mass is 10.0. The third-order valence-electron chi connectivity index (χ3n) is 6.54. The number of ether oxygens (including phenoxy) is 2. The van der Waals surface area contributed by atoms with Gasteiger partial charge in [-0.3, -0.25) is 4.98 Å². The standard InChI is InChI=1S/C27H26F3N5O4S/c1-17(38-2)25-33-23-16-18(24-22(27(28,29)30)4-3-11-31-24)5-10-21(23)26(34-25)32-19-6-8-20(9-7-19)40(36,37)35-12-14-39-15-13-35/h3-11,16-17H,12-15H2,1-2H3,(H,32,33,34). The highest BCUT2D eigenvalue weighted by Crippen LogP contribution is 2.37.